The summed E-state index contributed by atoms with van der Waals surface area (Å²) < 4.78 is 6.16. The van der Waals surface area contributed by atoms with Crippen molar-refractivity contribution in [2.75, 3.05) is 17.7 Å². The van der Waals surface area contributed by atoms with E-state index in [9.17, 15) is 4.79 Å². The zero-order valence-electron chi connectivity index (χ0n) is 11.3. The van der Waals surface area contributed by atoms with Crippen molar-refractivity contribution in [3.05, 3.63) is 48.0 Å². The number of carbonyl (C=O) groups is 1. The van der Waals surface area contributed by atoms with E-state index in [1.165, 1.54) is 0 Å². The van der Waals surface area contributed by atoms with Gasteiger partial charge in [0.05, 0.1) is 22.8 Å². The average Bonchev–Trinajstić information content (AvgIpc) is 2.95. The zero-order chi connectivity index (χ0) is 14.7. The molecule has 2 aromatic carbocycles. The number of ether oxygens (including phenoxy) is 1. The first-order valence-electron chi connectivity index (χ1n) is 6.30. The predicted molar refractivity (Wildman–Crippen MR) is 85.3 cm³/mol. The normalized spacial score (nSPS) is 10.3. The van der Waals surface area contributed by atoms with Gasteiger partial charge in [-0.1, -0.05) is 0 Å². The van der Waals surface area contributed by atoms with Gasteiger partial charge in [-0.25, -0.2) is 9.78 Å². The Hall–Kier alpha value is -2.60. The number of fused-ring (bicyclic) bond motifs is 1. The van der Waals surface area contributed by atoms with Crippen molar-refractivity contribution in [1.82, 2.24) is 4.98 Å². The molecule has 0 aliphatic rings. The number of urea groups is 1. The first-order chi connectivity index (χ1) is 10.2. The predicted octanol–water partition coefficient (Wildman–Crippen LogP) is 3.95. The quantitative estimate of drug-likeness (QED) is 0.769. The summed E-state index contributed by atoms with van der Waals surface area (Å²) in [6.07, 6.45) is 0. The van der Waals surface area contributed by atoms with Gasteiger partial charge < -0.3 is 15.4 Å². The molecular formula is C15H13N3O2S. The summed E-state index contributed by atoms with van der Waals surface area (Å²) in [7, 11) is 1.60. The second-order valence-corrected chi connectivity index (χ2v) is 5.23. The number of thiazole rings is 1. The van der Waals surface area contributed by atoms with Crippen LogP contribution in [0.15, 0.2) is 48.0 Å². The maximum Gasteiger partial charge on any atom is 0.323 e. The van der Waals surface area contributed by atoms with Gasteiger partial charge in [0.15, 0.2) is 0 Å². The lowest BCUT2D eigenvalue weighted by molar-refractivity contribution is 0.262. The molecule has 2 amide bonds. The van der Waals surface area contributed by atoms with Gasteiger partial charge in [0.25, 0.3) is 0 Å². The number of aromatic nitrogens is 1. The van der Waals surface area contributed by atoms with Gasteiger partial charge in [0, 0.05) is 11.4 Å². The van der Waals surface area contributed by atoms with Gasteiger partial charge in [-0.15, -0.1) is 11.3 Å². The van der Waals surface area contributed by atoms with E-state index in [-0.39, 0.29) is 6.03 Å². The third-order valence-corrected chi connectivity index (χ3v) is 3.75. The van der Waals surface area contributed by atoms with Crippen molar-refractivity contribution in [2.24, 2.45) is 0 Å². The molecule has 0 saturated carbocycles. The Kier molecular flexibility index (Phi) is 3.70. The monoisotopic (exact) mass is 299 g/mol. The number of hydrogen-bond acceptors (Lipinski definition) is 4. The number of nitrogens with zero attached hydrogens (tertiary/aromatic N) is 1. The fourth-order valence-corrected chi connectivity index (χ4v) is 2.56. The molecule has 1 heterocycles. The number of hydrogen-bond donors (Lipinski definition) is 2. The van der Waals surface area contributed by atoms with Crippen LogP contribution < -0.4 is 15.4 Å². The van der Waals surface area contributed by atoms with Crippen LogP contribution in [0.3, 0.4) is 0 Å². The van der Waals surface area contributed by atoms with E-state index < -0.39 is 0 Å². The number of benzene rings is 2. The first kappa shape index (κ1) is 13.4. The third-order valence-electron chi connectivity index (χ3n) is 2.94. The second kappa shape index (κ2) is 5.80. The lowest BCUT2D eigenvalue weighted by Crippen LogP contribution is -2.19. The summed E-state index contributed by atoms with van der Waals surface area (Å²) in [5, 5.41) is 5.54. The first-order valence-corrected chi connectivity index (χ1v) is 7.18. The van der Waals surface area contributed by atoms with Gasteiger partial charge in [-0.2, -0.15) is 0 Å². The number of amides is 2. The highest BCUT2D eigenvalue weighted by atomic mass is 32.1. The Morgan fingerprint density at radius 2 is 1.81 bits per heavy atom. The van der Waals surface area contributed by atoms with Gasteiger partial charge >= 0.3 is 6.03 Å². The van der Waals surface area contributed by atoms with Gasteiger partial charge in [-0.05, 0) is 42.5 Å². The van der Waals surface area contributed by atoms with E-state index in [1.807, 2.05) is 18.2 Å². The van der Waals surface area contributed by atoms with Crippen LogP contribution in [0.2, 0.25) is 0 Å². The molecule has 106 valence electrons. The molecule has 21 heavy (non-hydrogen) atoms. The second-order valence-electron chi connectivity index (χ2n) is 4.34. The van der Waals surface area contributed by atoms with Crippen LogP contribution >= 0.6 is 11.3 Å². The van der Waals surface area contributed by atoms with Crippen molar-refractivity contribution in [1.29, 1.82) is 0 Å². The van der Waals surface area contributed by atoms with E-state index in [4.69, 9.17) is 4.74 Å². The Balaban J connectivity index is 1.67. The maximum atomic E-state index is 11.9. The van der Waals surface area contributed by atoms with Crippen molar-refractivity contribution in [3.63, 3.8) is 0 Å². The molecule has 0 bridgehead atoms. The van der Waals surface area contributed by atoms with Crippen LogP contribution in [0.1, 0.15) is 0 Å². The minimum atomic E-state index is -0.297. The lowest BCUT2D eigenvalue weighted by atomic mass is 10.3. The molecule has 6 heteroatoms. The Morgan fingerprint density at radius 1 is 1.10 bits per heavy atom. The number of rotatable bonds is 3. The minimum Gasteiger partial charge on any atom is -0.497 e. The fraction of sp³-hybridized carbons (Fsp3) is 0.0667. The van der Waals surface area contributed by atoms with Gasteiger partial charge in [0.1, 0.15) is 5.75 Å². The summed E-state index contributed by atoms with van der Waals surface area (Å²) >= 11 is 1.57. The average molecular weight is 299 g/mol. The van der Waals surface area contributed by atoms with Crippen LogP contribution in [-0.4, -0.2) is 18.1 Å². The highest BCUT2D eigenvalue weighted by Crippen LogP contribution is 2.21. The summed E-state index contributed by atoms with van der Waals surface area (Å²) in [4.78, 5) is 16.2. The molecule has 0 atom stereocenters. The molecule has 0 unspecified atom stereocenters. The molecular weight excluding hydrogens is 286 g/mol. The van der Waals surface area contributed by atoms with Crippen LogP contribution in [-0.2, 0) is 0 Å². The molecule has 0 aliphatic carbocycles. The zero-order valence-corrected chi connectivity index (χ0v) is 12.1. The molecule has 3 aromatic rings. The van der Waals surface area contributed by atoms with Crippen molar-refractivity contribution in [3.8, 4) is 5.75 Å². The molecule has 1 aromatic heterocycles. The van der Waals surface area contributed by atoms with E-state index in [2.05, 4.69) is 15.6 Å². The van der Waals surface area contributed by atoms with E-state index >= 15 is 0 Å². The van der Waals surface area contributed by atoms with E-state index in [0.29, 0.717) is 11.4 Å². The molecule has 0 aliphatic heterocycles. The highest BCUT2D eigenvalue weighted by molar-refractivity contribution is 7.16. The number of methoxy groups -OCH3 is 1. The Bertz CT molecular complexity index is 768. The molecule has 3 rings (SSSR count). The van der Waals surface area contributed by atoms with Crippen molar-refractivity contribution in [2.45, 2.75) is 0 Å². The molecule has 0 radical (unpaired) electrons. The maximum absolute atomic E-state index is 11.9. The largest absolute Gasteiger partial charge is 0.497 e. The summed E-state index contributed by atoms with van der Waals surface area (Å²) in [6.45, 7) is 0. The summed E-state index contributed by atoms with van der Waals surface area (Å²) in [5.41, 5.74) is 4.07. The van der Waals surface area contributed by atoms with Gasteiger partial charge in [0.2, 0.25) is 0 Å². The van der Waals surface area contributed by atoms with Crippen molar-refractivity contribution < 1.29 is 9.53 Å². The standard InChI is InChI=1S/C15H13N3O2S/c1-20-12-5-2-10(3-6-12)17-15(19)18-11-4-7-14-13(8-11)16-9-21-14/h2-9H,1H3,(H2,17,18,19). The van der Waals surface area contributed by atoms with E-state index in [0.717, 1.165) is 16.0 Å². The van der Waals surface area contributed by atoms with Crippen LogP contribution in [0.5, 0.6) is 5.75 Å². The topological polar surface area (TPSA) is 63.2 Å². The molecule has 0 spiro atoms. The lowest BCUT2D eigenvalue weighted by Gasteiger charge is -2.08. The number of carbonyl (C=O) groups excluding carboxylic acids is 1. The highest BCUT2D eigenvalue weighted by Gasteiger charge is 2.04. The van der Waals surface area contributed by atoms with Crippen molar-refractivity contribution >= 4 is 39.0 Å². The third kappa shape index (κ3) is 3.11. The Labute approximate surface area is 125 Å². The smallest absolute Gasteiger partial charge is 0.323 e. The molecule has 0 fully saturated rings. The summed E-state index contributed by atoms with van der Waals surface area (Å²) in [6, 6.07) is 12.5. The molecule has 5 nitrogen and oxygen atoms in total. The summed E-state index contributed by atoms with van der Waals surface area (Å²) in [5.74, 6) is 0.745. The molecule has 0 saturated heterocycles. The minimum absolute atomic E-state index is 0.297. The number of nitrogens with one attached hydrogen (secondary N) is 2. The van der Waals surface area contributed by atoms with Crippen LogP contribution in [0.25, 0.3) is 10.2 Å². The van der Waals surface area contributed by atoms with Crippen LogP contribution in [0, 0.1) is 0 Å². The van der Waals surface area contributed by atoms with Gasteiger partial charge in [-0.3, -0.25) is 0 Å². The fourth-order valence-electron chi connectivity index (χ4n) is 1.90. The number of anilines is 2. The molecule has 2 N–H and O–H groups in total. The van der Waals surface area contributed by atoms with Crippen LogP contribution in [0.4, 0.5) is 16.2 Å². The Morgan fingerprint density at radius 3 is 2.57 bits per heavy atom. The van der Waals surface area contributed by atoms with E-state index in [1.54, 1.807) is 48.2 Å². The SMILES string of the molecule is COc1ccc(NC(=O)Nc2ccc3scnc3c2)cc1.